The first-order valence-corrected chi connectivity index (χ1v) is 8.60. The highest BCUT2D eigenvalue weighted by molar-refractivity contribution is 5.95. The Hall–Kier alpha value is -3.34. The van der Waals surface area contributed by atoms with Crippen molar-refractivity contribution in [2.24, 2.45) is 0 Å². The number of carbonyl (C=O) groups excluding carboxylic acids is 1. The molecule has 0 spiro atoms. The number of rotatable bonds is 4. The van der Waals surface area contributed by atoms with Crippen LogP contribution < -0.4 is 15.3 Å². The monoisotopic (exact) mass is 410 g/mol. The quantitative estimate of drug-likeness (QED) is 0.457. The van der Waals surface area contributed by atoms with Gasteiger partial charge < -0.3 is 9.80 Å². The smallest absolute Gasteiger partial charge is 0.368 e. The number of hydrogen-bond acceptors (Lipinski definition) is 6. The zero-order valence-corrected chi connectivity index (χ0v) is 15.0. The van der Waals surface area contributed by atoms with E-state index in [1.165, 1.54) is 29.7 Å². The van der Waals surface area contributed by atoms with Crippen molar-refractivity contribution in [2.45, 2.75) is 6.18 Å². The third-order valence-corrected chi connectivity index (χ3v) is 4.72. The number of piperazine rings is 1. The van der Waals surface area contributed by atoms with Gasteiger partial charge in [0.05, 0.1) is 10.5 Å². The number of hydroxylamine groups is 1. The lowest BCUT2D eigenvalue weighted by Crippen LogP contribution is -2.46. The highest BCUT2D eigenvalue weighted by atomic mass is 19.4. The standard InChI is InChI=1S/C18H17F3N4O4/c19-18(20,21)13-2-4-14(5-3-13)23-7-9-24(10-8-23)15-6-1-12(17(26)22-27)11-16(15)25(28)29/h1-6,11,27H,7-10H2,(H,22,26). The summed E-state index contributed by atoms with van der Waals surface area (Å²) in [6.07, 6.45) is -4.39. The number of nitro groups is 1. The number of amides is 1. The fourth-order valence-electron chi connectivity index (χ4n) is 3.21. The van der Waals surface area contributed by atoms with Gasteiger partial charge in [0.25, 0.3) is 11.6 Å². The van der Waals surface area contributed by atoms with Crippen LogP contribution in [0, 0.1) is 10.1 Å². The molecular weight excluding hydrogens is 393 g/mol. The number of nitro benzene ring substituents is 1. The van der Waals surface area contributed by atoms with E-state index in [4.69, 9.17) is 5.21 Å². The lowest BCUT2D eigenvalue weighted by molar-refractivity contribution is -0.384. The maximum absolute atomic E-state index is 12.7. The molecule has 11 heteroatoms. The minimum Gasteiger partial charge on any atom is -0.368 e. The van der Waals surface area contributed by atoms with E-state index in [0.29, 0.717) is 37.6 Å². The van der Waals surface area contributed by atoms with E-state index < -0.39 is 22.6 Å². The highest BCUT2D eigenvalue weighted by Gasteiger charge is 2.30. The summed E-state index contributed by atoms with van der Waals surface area (Å²) in [7, 11) is 0. The summed E-state index contributed by atoms with van der Waals surface area (Å²) in [5.74, 6) is -0.855. The number of anilines is 2. The Bertz CT molecular complexity index is 910. The predicted molar refractivity (Wildman–Crippen MR) is 98.2 cm³/mol. The number of hydrogen-bond donors (Lipinski definition) is 2. The third-order valence-electron chi connectivity index (χ3n) is 4.72. The van der Waals surface area contributed by atoms with Crippen molar-refractivity contribution in [2.75, 3.05) is 36.0 Å². The molecular formula is C18H17F3N4O4. The number of nitrogens with zero attached hydrogens (tertiary/aromatic N) is 3. The fourth-order valence-corrected chi connectivity index (χ4v) is 3.21. The van der Waals surface area contributed by atoms with Crippen LogP contribution in [0.4, 0.5) is 30.2 Å². The van der Waals surface area contributed by atoms with Crippen LogP contribution >= 0.6 is 0 Å². The molecule has 2 aromatic rings. The second-order valence-corrected chi connectivity index (χ2v) is 6.42. The fraction of sp³-hybridized carbons (Fsp3) is 0.278. The molecule has 0 aromatic heterocycles. The number of benzene rings is 2. The number of nitrogens with one attached hydrogen (secondary N) is 1. The van der Waals surface area contributed by atoms with Crippen LogP contribution in [0.5, 0.6) is 0 Å². The van der Waals surface area contributed by atoms with Crippen LogP contribution in [0.15, 0.2) is 42.5 Å². The average molecular weight is 410 g/mol. The Morgan fingerprint density at radius 3 is 2.14 bits per heavy atom. The van der Waals surface area contributed by atoms with E-state index in [1.807, 2.05) is 4.90 Å². The molecule has 2 N–H and O–H groups in total. The van der Waals surface area contributed by atoms with Gasteiger partial charge in [-0.15, -0.1) is 0 Å². The molecule has 0 unspecified atom stereocenters. The molecule has 1 saturated heterocycles. The van der Waals surface area contributed by atoms with Gasteiger partial charge in [0.2, 0.25) is 0 Å². The largest absolute Gasteiger partial charge is 0.416 e. The number of alkyl halides is 3. The van der Waals surface area contributed by atoms with Gasteiger partial charge in [-0.1, -0.05) is 0 Å². The molecule has 0 bridgehead atoms. The average Bonchev–Trinajstić information content (AvgIpc) is 2.72. The van der Waals surface area contributed by atoms with E-state index in [1.54, 1.807) is 4.90 Å². The Morgan fingerprint density at radius 2 is 1.62 bits per heavy atom. The first kappa shape index (κ1) is 20.4. The van der Waals surface area contributed by atoms with Gasteiger partial charge in [0.15, 0.2) is 0 Å². The molecule has 29 heavy (non-hydrogen) atoms. The van der Waals surface area contributed by atoms with Crippen LogP contribution in [-0.2, 0) is 6.18 Å². The van der Waals surface area contributed by atoms with Gasteiger partial charge in [-0.2, -0.15) is 13.2 Å². The summed E-state index contributed by atoms with van der Waals surface area (Å²) in [6.45, 7) is 1.74. The van der Waals surface area contributed by atoms with E-state index >= 15 is 0 Å². The summed E-state index contributed by atoms with van der Waals surface area (Å²) in [4.78, 5) is 26.0. The van der Waals surface area contributed by atoms with Crippen molar-refractivity contribution in [3.8, 4) is 0 Å². The van der Waals surface area contributed by atoms with Gasteiger partial charge in [-0.05, 0) is 36.4 Å². The van der Waals surface area contributed by atoms with Gasteiger partial charge in [-0.25, -0.2) is 5.48 Å². The molecule has 2 aromatic carbocycles. The number of halogens is 3. The molecule has 8 nitrogen and oxygen atoms in total. The second-order valence-electron chi connectivity index (χ2n) is 6.42. The SMILES string of the molecule is O=C(NO)c1ccc(N2CCN(c3ccc(C(F)(F)F)cc3)CC2)c([N+](=O)[O-])c1. The first-order chi connectivity index (χ1) is 13.7. The molecule has 1 heterocycles. The molecule has 0 radical (unpaired) electrons. The maximum Gasteiger partial charge on any atom is 0.416 e. The van der Waals surface area contributed by atoms with Crippen LogP contribution in [0.3, 0.4) is 0 Å². The van der Waals surface area contributed by atoms with Crippen molar-refractivity contribution in [3.63, 3.8) is 0 Å². The van der Waals surface area contributed by atoms with Crippen molar-refractivity contribution >= 4 is 23.0 Å². The summed E-state index contributed by atoms with van der Waals surface area (Å²) < 4.78 is 38.1. The lowest BCUT2D eigenvalue weighted by atomic mass is 10.1. The maximum atomic E-state index is 12.7. The zero-order chi connectivity index (χ0) is 21.2. The summed E-state index contributed by atoms with van der Waals surface area (Å²) in [5.41, 5.74) is 1.36. The van der Waals surface area contributed by atoms with Crippen LogP contribution in [0.2, 0.25) is 0 Å². The summed E-state index contributed by atoms with van der Waals surface area (Å²) in [6, 6.07) is 8.76. The van der Waals surface area contributed by atoms with Crippen molar-refractivity contribution in [3.05, 3.63) is 63.7 Å². The van der Waals surface area contributed by atoms with Crippen LogP contribution in [0.1, 0.15) is 15.9 Å². The van der Waals surface area contributed by atoms with Gasteiger partial charge in [0, 0.05) is 43.5 Å². The Morgan fingerprint density at radius 1 is 1.03 bits per heavy atom. The molecule has 1 aliphatic heterocycles. The molecule has 0 atom stereocenters. The topological polar surface area (TPSA) is 99.0 Å². The second kappa shape index (κ2) is 7.95. The molecule has 3 rings (SSSR count). The molecule has 1 fully saturated rings. The Balaban J connectivity index is 1.73. The Kier molecular flexibility index (Phi) is 5.59. The van der Waals surface area contributed by atoms with Gasteiger partial charge >= 0.3 is 6.18 Å². The van der Waals surface area contributed by atoms with Crippen LogP contribution in [0.25, 0.3) is 0 Å². The molecule has 0 saturated carbocycles. The highest BCUT2D eigenvalue weighted by Crippen LogP contribution is 2.32. The van der Waals surface area contributed by atoms with Crippen molar-refractivity contribution in [1.82, 2.24) is 5.48 Å². The normalized spacial score (nSPS) is 14.6. The lowest BCUT2D eigenvalue weighted by Gasteiger charge is -2.37. The van der Waals surface area contributed by atoms with E-state index in [-0.39, 0.29) is 11.3 Å². The van der Waals surface area contributed by atoms with E-state index in [9.17, 15) is 28.1 Å². The van der Waals surface area contributed by atoms with Crippen molar-refractivity contribution < 1.29 is 28.1 Å². The molecule has 154 valence electrons. The Labute approximate surface area is 163 Å². The first-order valence-electron chi connectivity index (χ1n) is 8.60. The summed E-state index contributed by atoms with van der Waals surface area (Å²) >= 11 is 0. The number of carbonyl (C=O) groups is 1. The predicted octanol–water partition coefficient (Wildman–Crippen LogP) is 3.06. The molecule has 1 aliphatic rings. The van der Waals surface area contributed by atoms with Crippen LogP contribution in [-0.4, -0.2) is 42.2 Å². The van der Waals surface area contributed by atoms with Gasteiger partial charge in [0.1, 0.15) is 5.69 Å². The minimum atomic E-state index is -4.39. The van der Waals surface area contributed by atoms with E-state index in [2.05, 4.69) is 0 Å². The third kappa shape index (κ3) is 4.40. The zero-order valence-electron chi connectivity index (χ0n) is 15.0. The summed E-state index contributed by atoms with van der Waals surface area (Å²) in [5, 5.41) is 20.1. The van der Waals surface area contributed by atoms with Crippen molar-refractivity contribution in [1.29, 1.82) is 0 Å². The minimum absolute atomic E-state index is 0.0497. The van der Waals surface area contributed by atoms with E-state index in [0.717, 1.165) is 18.2 Å². The molecule has 0 aliphatic carbocycles. The van der Waals surface area contributed by atoms with Gasteiger partial charge in [-0.3, -0.25) is 20.1 Å². The molecule has 1 amide bonds.